The minimum Gasteiger partial charge on any atom is -0.333 e. The number of carbonyl (C=O) groups excluding carboxylic acids is 1. The Morgan fingerprint density at radius 2 is 1.84 bits per heavy atom. The highest BCUT2D eigenvalue weighted by Crippen LogP contribution is 2.26. The first-order valence-corrected chi connectivity index (χ1v) is 9.12. The Morgan fingerprint density at radius 3 is 2.52 bits per heavy atom. The Hall–Kier alpha value is -2.24. The zero-order chi connectivity index (χ0) is 17.8. The predicted molar refractivity (Wildman–Crippen MR) is 104 cm³/mol. The summed E-state index contributed by atoms with van der Waals surface area (Å²) in [7, 11) is 0. The van der Waals surface area contributed by atoms with Gasteiger partial charge in [0.2, 0.25) is 5.91 Å². The van der Waals surface area contributed by atoms with Crippen molar-refractivity contribution in [1.29, 1.82) is 0 Å². The Morgan fingerprint density at radius 1 is 1.16 bits per heavy atom. The van der Waals surface area contributed by atoms with Crippen molar-refractivity contribution in [2.45, 2.75) is 24.3 Å². The van der Waals surface area contributed by atoms with Gasteiger partial charge in [0.1, 0.15) is 0 Å². The maximum absolute atomic E-state index is 12.3. The van der Waals surface area contributed by atoms with Crippen molar-refractivity contribution >= 4 is 35.0 Å². The second-order valence-corrected chi connectivity index (χ2v) is 7.49. The first-order valence-electron chi connectivity index (χ1n) is 7.86. The van der Waals surface area contributed by atoms with Gasteiger partial charge in [0, 0.05) is 10.7 Å². The molecule has 1 atom stereocenters. The first-order chi connectivity index (χ1) is 12.0. The second kappa shape index (κ2) is 7.76. The molecule has 1 aromatic heterocycles. The number of imidazole rings is 1. The highest BCUT2D eigenvalue weighted by Gasteiger charge is 2.16. The van der Waals surface area contributed by atoms with Crippen molar-refractivity contribution in [3.05, 3.63) is 65.3 Å². The van der Waals surface area contributed by atoms with Crippen LogP contribution in [0.15, 0.2) is 59.9 Å². The number of aromatic amines is 1. The summed E-state index contributed by atoms with van der Waals surface area (Å²) in [6.45, 7) is 3.87. The van der Waals surface area contributed by atoms with Gasteiger partial charge in [-0.2, -0.15) is 0 Å². The number of carbonyl (C=O) groups is 1. The van der Waals surface area contributed by atoms with Crippen LogP contribution >= 0.6 is 23.4 Å². The van der Waals surface area contributed by atoms with E-state index in [4.69, 9.17) is 11.6 Å². The maximum Gasteiger partial charge on any atom is 0.237 e. The molecule has 128 valence electrons. The van der Waals surface area contributed by atoms with Crippen LogP contribution < -0.4 is 5.32 Å². The molecule has 2 N–H and O–H groups in total. The molecular formula is C19H18ClN3OS. The number of H-pyrrole nitrogens is 1. The summed E-state index contributed by atoms with van der Waals surface area (Å²) in [5.41, 5.74) is 3.85. The number of hydrogen-bond acceptors (Lipinski definition) is 3. The molecule has 2 aromatic carbocycles. The summed E-state index contributed by atoms with van der Waals surface area (Å²) in [4.78, 5) is 19.9. The minimum atomic E-state index is -0.273. The van der Waals surface area contributed by atoms with Crippen LogP contribution in [0.4, 0.5) is 5.69 Å². The monoisotopic (exact) mass is 371 g/mol. The van der Waals surface area contributed by atoms with Gasteiger partial charge in [0.25, 0.3) is 0 Å². The van der Waals surface area contributed by atoms with Gasteiger partial charge < -0.3 is 10.3 Å². The van der Waals surface area contributed by atoms with Gasteiger partial charge in [0.15, 0.2) is 5.16 Å². The molecule has 0 fully saturated rings. The average Bonchev–Trinajstić information content (AvgIpc) is 3.06. The molecule has 6 heteroatoms. The fourth-order valence-corrected chi connectivity index (χ4v) is 3.15. The van der Waals surface area contributed by atoms with E-state index in [1.54, 1.807) is 6.20 Å². The lowest BCUT2D eigenvalue weighted by atomic mass is 10.2. The SMILES string of the molecule is Cc1ccc(NC(=O)C(C)Sc2ncc(-c3ccc(Cl)cc3)[nH]2)cc1. The van der Waals surface area contributed by atoms with E-state index in [9.17, 15) is 4.79 Å². The number of aryl methyl sites for hydroxylation is 1. The van der Waals surface area contributed by atoms with Gasteiger partial charge in [-0.1, -0.05) is 53.2 Å². The maximum atomic E-state index is 12.3. The Kier molecular flexibility index (Phi) is 5.46. The fourth-order valence-electron chi connectivity index (χ4n) is 2.24. The van der Waals surface area contributed by atoms with Crippen LogP contribution in [0.2, 0.25) is 5.02 Å². The summed E-state index contributed by atoms with van der Waals surface area (Å²) < 4.78 is 0. The zero-order valence-electron chi connectivity index (χ0n) is 13.9. The van der Waals surface area contributed by atoms with Crippen LogP contribution in [0.25, 0.3) is 11.3 Å². The standard InChI is InChI=1S/C19H18ClN3OS/c1-12-3-9-16(10-4-12)22-18(24)13(2)25-19-21-11-17(23-19)14-5-7-15(20)8-6-14/h3-11,13H,1-2H3,(H,21,23)(H,22,24). The second-order valence-electron chi connectivity index (χ2n) is 5.72. The number of halogens is 1. The molecule has 3 rings (SSSR count). The molecular weight excluding hydrogens is 354 g/mol. The lowest BCUT2D eigenvalue weighted by Crippen LogP contribution is -2.22. The topological polar surface area (TPSA) is 57.8 Å². The van der Waals surface area contributed by atoms with Crippen LogP contribution in [0.3, 0.4) is 0 Å². The number of nitrogens with one attached hydrogen (secondary N) is 2. The summed E-state index contributed by atoms with van der Waals surface area (Å²) >= 11 is 7.30. The van der Waals surface area contributed by atoms with E-state index in [1.807, 2.05) is 62.4 Å². The molecule has 1 unspecified atom stereocenters. The molecule has 0 aliphatic carbocycles. The van der Waals surface area contributed by atoms with Crippen LogP contribution in [0.1, 0.15) is 12.5 Å². The van der Waals surface area contributed by atoms with E-state index in [0.717, 1.165) is 22.5 Å². The van der Waals surface area contributed by atoms with Gasteiger partial charge in [-0.15, -0.1) is 0 Å². The molecule has 0 aliphatic rings. The number of amides is 1. The van der Waals surface area contributed by atoms with E-state index in [2.05, 4.69) is 15.3 Å². The smallest absolute Gasteiger partial charge is 0.237 e. The van der Waals surface area contributed by atoms with E-state index in [0.29, 0.717) is 10.2 Å². The van der Waals surface area contributed by atoms with Crippen molar-refractivity contribution in [1.82, 2.24) is 9.97 Å². The number of benzene rings is 2. The molecule has 25 heavy (non-hydrogen) atoms. The Bertz CT molecular complexity index is 859. The van der Waals surface area contributed by atoms with Gasteiger partial charge in [-0.3, -0.25) is 4.79 Å². The number of hydrogen-bond donors (Lipinski definition) is 2. The van der Waals surface area contributed by atoms with Gasteiger partial charge in [0.05, 0.1) is 17.1 Å². The van der Waals surface area contributed by atoms with Crippen molar-refractivity contribution < 1.29 is 4.79 Å². The molecule has 0 aliphatic heterocycles. The minimum absolute atomic E-state index is 0.0571. The molecule has 0 saturated heterocycles. The molecule has 3 aromatic rings. The molecule has 0 radical (unpaired) electrons. The summed E-state index contributed by atoms with van der Waals surface area (Å²) in [5.74, 6) is -0.0571. The number of aromatic nitrogens is 2. The van der Waals surface area contributed by atoms with E-state index < -0.39 is 0 Å². The molecule has 1 heterocycles. The number of rotatable bonds is 5. The number of anilines is 1. The Labute approximate surface area is 156 Å². The molecule has 0 spiro atoms. The third-order valence-electron chi connectivity index (χ3n) is 3.68. The van der Waals surface area contributed by atoms with Gasteiger partial charge >= 0.3 is 0 Å². The third-order valence-corrected chi connectivity index (χ3v) is 4.93. The number of thioether (sulfide) groups is 1. The lowest BCUT2D eigenvalue weighted by molar-refractivity contribution is -0.115. The lowest BCUT2D eigenvalue weighted by Gasteiger charge is -2.10. The van der Waals surface area contributed by atoms with Crippen molar-refractivity contribution in [3.8, 4) is 11.3 Å². The summed E-state index contributed by atoms with van der Waals surface area (Å²) in [6, 6.07) is 15.3. The first kappa shape index (κ1) is 17.6. The molecule has 0 saturated carbocycles. The van der Waals surface area contributed by atoms with E-state index in [-0.39, 0.29) is 11.2 Å². The summed E-state index contributed by atoms with van der Waals surface area (Å²) in [6.07, 6.45) is 1.76. The van der Waals surface area contributed by atoms with Crippen LogP contribution in [0, 0.1) is 6.92 Å². The Balaban J connectivity index is 1.62. The van der Waals surface area contributed by atoms with E-state index >= 15 is 0 Å². The highest BCUT2D eigenvalue weighted by molar-refractivity contribution is 8.00. The zero-order valence-corrected chi connectivity index (χ0v) is 15.5. The quantitative estimate of drug-likeness (QED) is 0.609. The van der Waals surface area contributed by atoms with Gasteiger partial charge in [-0.05, 0) is 43.7 Å². The van der Waals surface area contributed by atoms with Crippen molar-refractivity contribution in [2.75, 3.05) is 5.32 Å². The number of nitrogens with zero attached hydrogens (tertiary/aromatic N) is 1. The third kappa shape index (κ3) is 4.65. The molecule has 1 amide bonds. The predicted octanol–water partition coefficient (Wildman–Crippen LogP) is 5.16. The van der Waals surface area contributed by atoms with Gasteiger partial charge in [-0.25, -0.2) is 4.98 Å². The van der Waals surface area contributed by atoms with Crippen molar-refractivity contribution in [2.24, 2.45) is 0 Å². The van der Waals surface area contributed by atoms with Crippen molar-refractivity contribution in [3.63, 3.8) is 0 Å². The van der Waals surface area contributed by atoms with Crippen LogP contribution in [-0.4, -0.2) is 21.1 Å². The molecule has 4 nitrogen and oxygen atoms in total. The highest BCUT2D eigenvalue weighted by atomic mass is 35.5. The molecule has 0 bridgehead atoms. The average molecular weight is 372 g/mol. The normalized spacial score (nSPS) is 12.0. The largest absolute Gasteiger partial charge is 0.333 e. The van der Waals surface area contributed by atoms with Crippen LogP contribution in [0.5, 0.6) is 0 Å². The van der Waals surface area contributed by atoms with E-state index in [1.165, 1.54) is 11.8 Å². The van der Waals surface area contributed by atoms with Crippen LogP contribution in [-0.2, 0) is 4.79 Å². The fraction of sp³-hybridized carbons (Fsp3) is 0.158. The summed E-state index contributed by atoms with van der Waals surface area (Å²) in [5, 5.41) is 4.04.